The number of carbonyl (C=O) groups excluding carboxylic acids is 2. The lowest BCUT2D eigenvalue weighted by Crippen LogP contribution is -2.51. The molecule has 1 atom stereocenters. The molecule has 0 aliphatic carbocycles. The summed E-state index contributed by atoms with van der Waals surface area (Å²) in [5, 5.41) is 1.97. The normalized spacial score (nSPS) is 12.7. The third kappa shape index (κ3) is 7.57. The zero-order chi connectivity index (χ0) is 27.3. The summed E-state index contributed by atoms with van der Waals surface area (Å²) in [6.45, 7) is 2.21. The number of nitrogens with one attached hydrogen (secondary N) is 1. The number of rotatable bonds is 10. The van der Waals surface area contributed by atoms with Crippen LogP contribution in [-0.2, 0) is 32.3 Å². The van der Waals surface area contributed by atoms with Crippen LogP contribution >= 0.6 is 11.6 Å². The molecule has 0 aliphatic rings. The molecule has 0 saturated heterocycles. The molecular weight excluding hydrogens is 526 g/mol. The molecule has 0 fully saturated rings. The third-order valence-corrected chi connectivity index (χ3v) is 6.71. The molecule has 2 aromatic rings. The van der Waals surface area contributed by atoms with Crippen LogP contribution in [-0.4, -0.2) is 50.5 Å². The standard InChI is InChI=1S/C23H26ClF4N3O4S/c1-4-11-29-22(33)15(2)30(13-16-7-5-6-8-20(16)25)21(32)14-31(36(3,34)35)17-9-10-19(24)18(12-17)23(26,27)28/h5-10,12,15H,4,11,13-14H2,1-3H3,(H,29,33)/t15-/m1/s1. The second kappa shape index (κ2) is 11.9. The Labute approximate surface area is 212 Å². The highest BCUT2D eigenvalue weighted by molar-refractivity contribution is 7.92. The largest absolute Gasteiger partial charge is 0.417 e. The van der Waals surface area contributed by atoms with E-state index in [1.807, 2.05) is 6.92 Å². The van der Waals surface area contributed by atoms with Crippen LogP contribution < -0.4 is 9.62 Å². The Kier molecular flexibility index (Phi) is 9.72. The minimum atomic E-state index is -4.87. The maximum atomic E-state index is 14.3. The van der Waals surface area contributed by atoms with Gasteiger partial charge in [-0.3, -0.25) is 13.9 Å². The molecule has 2 aromatic carbocycles. The highest BCUT2D eigenvalue weighted by Crippen LogP contribution is 2.37. The predicted molar refractivity (Wildman–Crippen MR) is 128 cm³/mol. The van der Waals surface area contributed by atoms with Gasteiger partial charge < -0.3 is 10.2 Å². The van der Waals surface area contributed by atoms with Gasteiger partial charge >= 0.3 is 6.18 Å². The lowest BCUT2D eigenvalue weighted by Gasteiger charge is -2.31. The van der Waals surface area contributed by atoms with Crippen molar-refractivity contribution in [2.45, 2.75) is 39.0 Å². The van der Waals surface area contributed by atoms with E-state index in [2.05, 4.69) is 5.32 Å². The van der Waals surface area contributed by atoms with Crippen LogP contribution in [0.15, 0.2) is 42.5 Å². The van der Waals surface area contributed by atoms with Crippen molar-refractivity contribution in [2.75, 3.05) is 23.7 Å². The summed E-state index contributed by atoms with van der Waals surface area (Å²) in [4.78, 5) is 26.9. The summed E-state index contributed by atoms with van der Waals surface area (Å²) in [7, 11) is -4.26. The Bertz CT molecular complexity index is 1210. The summed E-state index contributed by atoms with van der Waals surface area (Å²) in [5.41, 5.74) is -1.66. The van der Waals surface area contributed by atoms with Gasteiger partial charge in [0.25, 0.3) is 0 Å². The molecular formula is C23H26ClF4N3O4S. The molecule has 0 aliphatic heterocycles. The minimum Gasteiger partial charge on any atom is -0.354 e. The van der Waals surface area contributed by atoms with Crippen molar-refractivity contribution in [3.05, 3.63) is 64.4 Å². The van der Waals surface area contributed by atoms with Crippen molar-refractivity contribution in [3.8, 4) is 0 Å². The van der Waals surface area contributed by atoms with Crippen LogP contribution in [0, 0.1) is 5.82 Å². The number of amides is 2. The van der Waals surface area contributed by atoms with E-state index in [9.17, 15) is 35.6 Å². The average molecular weight is 552 g/mol. The molecule has 36 heavy (non-hydrogen) atoms. The van der Waals surface area contributed by atoms with E-state index in [4.69, 9.17) is 11.6 Å². The fourth-order valence-electron chi connectivity index (χ4n) is 3.29. The van der Waals surface area contributed by atoms with Crippen molar-refractivity contribution in [3.63, 3.8) is 0 Å². The highest BCUT2D eigenvalue weighted by atomic mass is 35.5. The number of benzene rings is 2. The topological polar surface area (TPSA) is 86.8 Å². The molecule has 0 unspecified atom stereocenters. The first-order valence-electron chi connectivity index (χ1n) is 10.8. The number of halogens is 5. The first-order valence-corrected chi connectivity index (χ1v) is 13.0. The molecule has 198 valence electrons. The Hall–Kier alpha value is -2.86. The van der Waals surface area contributed by atoms with Gasteiger partial charge in [0.2, 0.25) is 21.8 Å². The van der Waals surface area contributed by atoms with Crippen LogP contribution in [0.3, 0.4) is 0 Å². The number of anilines is 1. The number of hydrogen-bond donors (Lipinski definition) is 1. The summed E-state index contributed by atoms with van der Waals surface area (Å²) in [5.74, 6) is -2.13. The maximum Gasteiger partial charge on any atom is 0.417 e. The summed E-state index contributed by atoms with van der Waals surface area (Å²) in [6, 6.07) is 6.82. The molecule has 0 saturated carbocycles. The fraction of sp³-hybridized carbons (Fsp3) is 0.391. The first-order chi connectivity index (χ1) is 16.7. The van der Waals surface area contributed by atoms with E-state index in [1.165, 1.54) is 25.1 Å². The van der Waals surface area contributed by atoms with Gasteiger partial charge in [0.15, 0.2) is 0 Å². The summed E-state index contributed by atoms with van der Waals surface area (Å²) < 4.78 is 79.8. The Balaban J connectivity index is 2.48. The van der Waals surface area contributed by atoms with Gasteiger partial charge in [0.05, 0.1) is 22.5 Å². The molecule has 0 heterocycles. The van der Waals surface area contributed by atoms with Crippen LogP contribution in [0.5, 0.6) is 0 Å². The van der Waals surface area contributed by atoms with Crippen molar-refractivity contribution < 1.29 is 35.6 Å². The zero-order valence-corrected chi connectivity index (χ0v) is 21.3. The van der Waals surface area contributed by atoms with Crippen LogP contribution in [0.4, 0.5) is 23.2 Å². The van der Waals surface area contributed by atoms with Gasteiger partial charge in [-0.05, 0) is 37.6 Å². The number of sulfonamides is 1. The SMILES string of the molecule is CCCNC(=O)[C@@H](C)N(Cc1ccccc1F)C(=O)CN(c1ccc(Cl)c(C(F)(F)F)c1)S(C)(=O)=O. The Morgan fingerprint density at radius 1 is 1.14 bits per heavy atom. The summed E-state index contributed by atoms with van der Waals surface area (Å²) >= 11 is 5.64. The molecule has 13 heteroatoms. The van der Waals surface area contributed by atoms with Crippen molar-refractivity contribution >= 4 is 39.1 Å². The lowest BCUT2D eigenvalue weighted by molar-refractivity contribution is -0.139. The van der Waals surface area contributed by atoms with Crippen LogP contribution in [0.25, 0.3) is 0 Å². The van der Waals surface area contributed by atoms with Crippen molar-refractivity contribution in [1.82, 2.24) is 10.2 Å². The van der Waals surface area contributed by atoms with Gasteiger partial charge in [0, 0.05) is 18.7 Å². The molecule has 0 bridgehead atoms. The number of alkyl halides is 3. The maximum absolute atomic E-state index is 14.3. The number of nitrogens with zero attached hydrogens (tertiary/aromatic N) is 2. The van der Waals surface area contributed by atoms with E-state index in [1.54, 1.807) is 0 Å². The molecule has 2 rings (SSSR count). The smallest absolute Gasteiger partial charge is 0.354 e. The molecule has 1 N–H and O–H groups in total. The van der Waals surface area contributed by atoms with Gasteiger partial charge in [-0.25, -0.2) is 12.8 Å². The van der Waals surface area contributed by atoms with Gasteiger partial charge in [-0.2, -0.15) is 13.2 Å². The van der Waals surface area contributed by atoms with Gasteiger partial charge in [0.1, 0.15) is 18.4 Å². The van der Waals surface area contributed by atoms with Crippen molar-refractivity contribution in [2.24, 2.45) is 0 Å². The number of hydrogen-bond acceptors (Lipinski definition) is 4. The van der Waals surface area contributed by atoms with E-state index >= 15 is 0 Å². The van der Waals surface area contributed by atoms with E-state index in [0.717, 1.165) is 29.4 Å². The summed E-state index contributed by atoms with van der Waals surface area (Å²) in [6.07, 6.45) is -3.54. The Morgan fingerprint density at radius 2 is 1.78 bits per heavy atom. The van der Waals surface area contributed by atoms with E-state index < -0.39 is 62.7 Å². The predicted octanol–water partition coefficient (Wildman–Crippen LogP) is 4.21. The Morgan fingerprint density at radius 3 is 2.33 bits per heavy atom. The quantitative estimate of drug-likeness (QED) is 0.448. The highest BCUT2D eigenvalue weighted by Gasteiger charge is 2.35. The van der Waals surface area contributed by atoms with Crippen molar-refractivity contribution in [1.29, 1.82) is 0 Å². The molecule has 2 amide bonds. The monoisotopic (exact) mass is 551 g/mol. The van der Waals surface area contributed by atoms with Gasteiger partial charge in [-0.1, -0.05) is 36.7 Å². The van der Waals surface area contributed by atoms with E-state index in [-0.39, 0.29) is 12.1 Å². The van der Waals surface area contributed by atoms with Gasteiger partial charge in [-0.15, -0.1) is 0 Å². The minimum absolute atomic E-state index is 0.0674. The first kappa shape index (κ1) is 29.4. The third-order valence-electron chi connectivity index (χ3n) is 5.24. The number of carbonyl (C=O) groups is 2. The van der Waals surface area contributed by atoms with Crippen LogP contribution in [0.1, 0.15) is 31.4 Å². The lowest BCUT2D eigenvalue weighted by atomic mass is 10.1. The molecule has 0 radical (unpaired) electrons. The fourth-order valence-corrected chi connectivity index (χ4v) is 4.35. The average Bonchev–Trinajstić information content (AvgIpc) is 2.78. The van der Waals surface area contributed by atoms with Crippen LogP contribution in [0.2, 0.25) is 5.02 Å². The second-order valence-corrected chi connectivity index (χ2v) is 10.3. The molecule has 0 aromatic heterocycles. The van der Waals surface area contributed by atoms with E-state index in [0.29, 0.717) is 23.3 Å². The zero-order valence-electron chi connectivity index (χ0n) is 19.8. The second-order valence-electron chi connectivity index (χ2n) is 8.01. The molecule has 0 spiro atoms. The molecule has 7 nitrogen and oxygen atoms in total.